The molecule has 1 radical (unpaired) electrons. The third-order valence-electron chi connectivity index (χ3n) is 1.06. The Kier molecular flexibility index (Phi) is 1.65. The molecule has 0 N–H and O–H groups in total. The van der Waals surface area contributed by atoms with Gasteiger partial charge in [-0.1, -0.05) is 0 Å². The van der Waals surface area contributed by atoms with E-state index in [1.165, 1.54) is 0 Å². The summed E-state index contributed by atoms with van der Waals surface area (Å²) in [6.07, 6.45) is 2.26. The lowest BCUT2D eigenvalue weighted by Crippen LogP contribution is -2.08. The van der Waals surface area contributed by atoms with E-state index >= 15 is 0 Å². The van der Waals surface area contributed by atoms with E-state index in [1.54, 1.807) is 7.11 Å². The molecule has 2 nitrogen and oxygen atoms in total. The maximum atomic E-state index is 4.97. The Balaban J connectivity index is 2.14. The second-order valence-corrected chi connectivity index (χ2v) is 1.55. The van der Waals surface area contributed by atoms with Crippen LogP contribution in [0.5, 0.6) is 0 Å². The molecule has 1 rings (SSSR count). The quantitative estimate of drug-likeness (QED) is 0.471. The highest BCUT2D eigenvalue weighted by Gasteiger charge is 2.13. The summed E-state index contributed by atoms with van der Waals surface area (Å²) in [5, 5.41) is 0. The molecule has 0 aromatic rings. The van der Waals surface area contributed by atoms with Crippen LogP contribution in [0, 0.1) is 6.42 Å². The minimum atomic E-state index is 0.250. The molecule has 1 aliphatic heterocycles. The molecule has 0 saturated carbocycles. The van der Waals surface area contributed by atoms with Crippen LogP contribution in [-0.2, 0) is 9.47 Å². The van der Waals surface area contributed by atoms with Crippen molar-refractivity contribution in [1.82, 2.24) is 0 Å². The first-order valence-electron chi connectivity index (χ1n) is 2.37. The lowest BCUT2D eigenvalue weighted by Gasteiger charge is -2.00. The second-order valence-electron chi connectivity index (χ2n) is 1.55. The van der Waals surface area contributed by atoms with E-state index in [1.807, 2.05) is 6.42 Å². The van der Waals surface area contributed by atoms with Crippen LogP contribution in [0.2, 0.25) is 0 Å². The maximum Gasteiger partial charge on any atom is 0.0859 e. The first kappa shape index (κ1) is 5.06. The molecule has 1 heterocycles. The van der Waals surface area contributed by atoms with Gasteiger partial charge < -0.3 is 9.47 Å². The van der Waals surface area contributed by atoms with Crippen LogP contribution in [0.3, 0.4) is 0 Å². The molecule has 7 heavy (non-hydrogen) atoms. The minimum Gasteiger partial charge on any atom is -0.379 e. The van der Waals surface area contributed by atoms with Crippen LogP contribution in [0.25, 0.3) is 0 Å². The van der Waals surface area contributed by atoms with Gasteiger partial charge in [-0.25, -0.2) is 0 Å². The van der Waals surface area contributed by atoms with Gasteiger partial charge in [-0.2, -0.15) is 0 Å². The average molecular weight is 101 g/mol. The van der Waals surface area contributed by atoms with Gasteiger partial charge in [-0.15, -0.1) is 0 Å². The van der Waals surface area contributed by atoms with Crippen molar-refractivity contribution in [1.29, 1.82) is 0 Å². The molecule has 1 atom stereocenters. The van der Waals surface area contributed by atoms with Gasteiger partial charge in [0.05, 0.1) is 19.3 Å². The Morgan fingerprint density at radius 2 is 2.71 bits per heavy atom. The fourth-order valence-electron chi connectivity index (χ4n) is 0.592. The van der Waals surface area contributed by atoms with E-state index in [9.17, 15) is 0 Å². The number of rotatable bonds is 1. The van der Waals surface area contributed by atoms with Gasteiger partial charge in [-0.3, -0.25) is 0 Å². The third-order valence-corrected chi connectivity index (χ3v) is 1.06. The van der Waals surface area contributed by atoms with Crippen LogP contribution >= 0.6 is 0 Å². The fourth-order valence-corrected chi connectivity index (χ4v) is 0.592. The van der Waals surface area contributed by atoms with Crippen LogP contribution in [-0.4, -0.2) is 26.4 Å². The molecule has 0 amide bonds. The Morgan fingerprint density at radius 3 is 3.00 bits per heavy atom. The number of hydrogen-bond donors (Lipinski definition) is 0. The molecule has 0 unspecified atom stereocenters. The SMILES string of the molecule is CO[C@H]1[CH]COC1. The van der Waals surface area contributed by atoms with Gasteiger partial charge in [0.1, 0.15) is 0 Å². The fraction of sp³-hybridized carbons (Fsp3) is 0.800. The van der Waals surface area contributed by atoms with E-state index in [0.29, 0.717) is 0 Å². The molecule has 0 bridgehead atoms. The summed E-state index contributed by atoms with van der Waals surface area (Å²) in [5.74, 6) is 0. The zero-order chi connectivity index (χ0) is 5.11. The molecule has 1 aliphatic rings. The van der Waals surface area contributed by atoms with Crippen molar-refractivity contribution in [3.63, 3.8) is 0 Å². The van der Waals surface area contributed by atoms with Crippen LogP contribution in [0.4, 0.5) is 0 Å². The van der Waals surface area contributed by atoms with Crippen LogP contribution in [0.15, 0.2) is 0 Å². The lowest BCUT2D eigenvalue weighted by molar-refractivity contribution is 0.0894. The molecule has 1 fully saturated rings. The van der Waals surface area contributed by atoms with Gasteiger partial charge in [0.25, 0.3) is 0 Å². The van der Waals surface area contributed by atoms with E-state index in [4.69, 9.17) is 9.47 Å². The van der Waals surface area contributed by atoms with Gasteiger partial charge in [-0.05, 0) is 0 Å². The summed E-state index contributed by atoms with van der Waals surface area (Å²) in [7, 11) is 1.69. The van der Waals surface area contributed by atoms with Crippen molar-refractivity contribution >= 4 is 0 Å². The summed E-state index contributed by atoms with van der Waals surface area (Å²) < 4.78 is 9.90. The normalized spacial score (nSPS) is 31.3. The highest BCUT2D eigenvalue weighted by Crippen LogP contribution is 2.03. The zero-order valence-electron chi connectivity index (χ0n) is 4.39. The Hall–Kier alpha value is -0.0800. The highest BCUT2D eigenvalue weighted by atomic mass is 16.5. The lowest BCUT2D eigenvalue weighted by atomic mass is 10.3. The molecule has 0 aromatic carbocycles. The summed E-state index contributed by atoms with van der Waals surface area (Å²) in [6.45, 7) is 1.48. The molecule has 0 aliphatic carbocycles. The van der Waals surface area contributed by atoms with Crippen LogP contribution < -0.4 is 0 Å². The standard InChI is InChI=1S/C5H9O2/c1-6-5-2-3-7-4-5/h2,5H,3-4H2,1H3/t5-/m0/s1. The largest absolute Gasteiger partial charge is 0.379 e. The third kappa shape index (κ3) is 1.14. The molecular formula is C5H9O2. The zero-order valence-corrected chi connectivity index (χ0v) is 4.39. The first-order valence-corrected chi connectivity index (χ1v) is 2.37. The minimum absolute atomic E-state index is 0.250. The number of ether oxygens (including phenoxy) is 2. The first-order chi connectivity index (χ1) is 3.43. The number of methoxy groups -OCH3 is 1. The van der Waals surface area contributed by atoms with Crippen molar-refractivity contribution in [2.24, 2.45) is 0 Å². The Morgan fingerprint density at radius 1 is 1.86 bits per heavy atom. The average Bonchev–Trinajstić information content (AvgIpc) is 2.14. The van der Waals surface area contributed by atoms with Gasteiger partial charge in [0, 0.05) is 13.5 Å². The van der Waals surface area contributed by atoms with Crippen LogP contribution in [0.1, 0.15) is 0 Å². The molecule has 41 valence electrons. The summed E-state index contributed by atoms with van der Waals surface area (Å²) in [6, 6.07) is 0. The van der Waals surface area contributed by atoms with E-state index in [2.05, 4.69) is 0 Å². The van der Waals surface area contributed by atoms with Crippen molar-refractivity contribution in [3.8, 4) is 0 Å². The van der Waals surface area contributed by atoms with E-state index in [0.717, 1.165) is 13.2 Å². The van der Waals surface area contributed by atoms with Crippen molar-refractivity contribution < 1.29 is 9.47 Å². The number of hydrogen-bond acceptors (Lipinski definition) is 2. The maximum absolute atomic E-state index is 4.97. The molecular weight excluding hydrogens is 92.1 g/mol. The van der Waals surface area contributed by atoms with Gasteiger partial charge in [0.15, 0.2) is 0 Å². The predicted molar refractivity (Wildman–Crippen MR) is 25.9 cm³/mol. The molecule has 0 aromatic heterocycles. The summed E-state index contributed by atoms with van der Waals surface area (Å²) >= 11 is 0. The van der Waals surface area contributed by atoms with E-state index < -0.39 is 0 Å². The van der Waals surface area contributed by atoms with Crippen molar-refractivity contribution in [2.75, 3.05) is 20.3 Å². The van der Waals surface area contributed by atoms with E-state index in [-0.39, 0.29) is 6.10 Å². The van der Waals surface area contributed by atoms with Crippen molar-refractivity contribution in [2.45, 2.75) is 6.10 Å². The molecule has 0 spiro atoms. The van der Waals surface area contributed by atoms with Gasteiger partial charge >= 0.3 is 0 Å². The molecule has 1 saturated heterocycles. The monoisotopic (exact) mass is 101 g/mol. The van der Waals surface area contributed by atoms with Crippen molar-refractivity contribution in [3.05, 3.63) is 6.42 Å². The summed E-state index contributed by atoms with van der Waals surface area (Å²) in [4.78, 5) is 0. The Bertz CT molecular complexity index is 48.0. The summed E-state index contributed by atoms with van der Waals surface area (Å²) in [5.41, 5.74) is 0. The smallest absolute Gasteiger partial charge is 0.0859 e. The second kappa shape index (κ2) is 2.28. The van der Waals surface area contributed by atoms with Gasteiger partial charge in [0.2, 0.25) is 0 Å². The Labute approximate surface area is 43.4 Å². The predicted octanol–water partition coefficient (Wildman–Crippen LogP) is 0.236. The highest BCUT2D eigenvalue weighted by molar-refractivity contribution is 4.81. The topological polar surface area (TPSA) is 18.5 Å². The molecule has 2 heteroatoms.